The van der Waals surface area contributed by atoms with Crippen molar-refractivity contribution in [1.29, 1.82) is 0 Å². The summed E-state index contributed by atoms with van der Waals surface area (Å²) in [5.74, 6) is -3.15. The number of ether oxygens (including phenoxy) is 2. The predicted molar refractivity (Wildman–Crippen MR) is 39.4 cm³/mol. The van der Waals surface area contributed by atoms with E-state index >= 15 is 0 Å². The SMILES string of the molecule is COC(C)OC(=O)C(C)C(=O)O. The average Bonchev–Trinajstić information content (AvgIpc) is 2.02. The minimum Gasteiger partial charge on any atom is -0.481 e. The van der Waals surface area contributed by atoms with Crippen molar-refractivity contribution in [3.8, 4) is 0 Å². The molecule has 0 aliphatic carbocycles. The molecule has 0 aromatic rings. The van der Waals surface area contributed by atoms with Gasteiger partial charge in [-0.1, -0.05) is 0 Å². The molecular formula is C7H12O5. The fourth-order valence-electron chi connectivity index (χ4n) is 0.415. The molecule has 1 N–H and O–H groups in total. The highest BCUT2D eigenvalue weighted by molar-refractivity contribution is 5.93. The lowest BCUT2D eigenvalue weighted by Gasteiger charge is -2.12. The van der Waals surface area contributed by atoms with E-state index in [4.69, 9.17) is 5.11 Å². The normalized spacial score (nSPS) is 14.9. The number of hydrogen-bond acceptors (Lipinski definition) is 4. The Morgan fingerprint density at radius 3 is 2.17 bits per heavy atom. The van der Waals surface area contributed by atoms with Gasteiger partial charge in [0.2, 0.25) is 0 Å². The fraction of sp³-hybridized carbons (Fsp3) is 0.714. The quantitative estimate of drug-likeness (QED) is 0.377. The molecule has 0 saturated heterocycles. The minimum atomic E-state index is -1.21. The summed E-state index contributed by atoms with van der Waals surface area (Å²) in [7, 11) is 1.36. The topological polar surface area (TPSA) is 72.8 Å². The Bertz CT molecular complexity index is 177. The molecule has 0 amide bonds. The molecule has 5 heteroatoms. The van der Waals surface area contributed by atoms with Crippen LogP contribution in [-0.2, 0) is 19.1 Å². The van der Waals surface area contributed by atoms with Crippen molar-refractivity contribution in [3.05, 3.63) is 0 Å². The van der Waals surface area contributed by atoms with Crippen LogP contribution in [0.1, 0.15) is 13.8 Å². The summed E-state index contributed by atoms with van der Waals surface area (Å²) in [5, 5.41) is 8.40. The summed E-state index contributed by atoms with van der Waals surface area (Å²) in [6, 6.07) is 0. The van der Waals surface area contributed by atoms with Crippen LogP contribution in [0.25, 0.3) is 0 Å². The van der Waals surface area contributed by atoms with Gasteiger partial charge in [-0.05, 0) is 13.8 Å². The Labute approximate surface area is 70.3 Å². The lowest BCUT2D eigenvalue weighted by atomic mass is 10.2. The van der Waals surface area contributed by atoms with Crippen LogP contribution in [0, 0.1) is 5.92 Å². The molecule has 0 saturated carbocycles. The molecule has 0 radical (unpaired) electrons. The zero-order valence-electron chi connectivity index (χ0n) is 7.23. The standard InChI is InChI=1S/C7H12O5/c1-4(6(8)9)7(10)12-5(2)11-3/h4-5H,1-3H3,(H,8,9). The second kappa shape index (κ2) is 4.71. The maximum atomic E-state index is 10.9. The Hall–Kier alpha value is -1.10. The van der Waals surface area contributed by atoms with Gasteiger partial charge in [-0.2, -0.15) is 0 Å². The summed E-state index contributed by atoms with van der Waals surface area (Å²) in [5.41, 5.74) is 0. The number of aliphatic carboxylic acids is 1. The van der Waals surface area contributed by atoms with Gasteiger partial charge < -0.3 is 14.6 Å². The number of hydrogen-bond donors (Lipinski definition) is 1. The minimum absolute atomic E-state index is 0.709. The molecule has 2 unspecified atom stereocenters. The number of methoxy groups -OCH3 is 1. The summed E-state index contributed by atoms with van der Waals surface area (Å²) in [6.07, 6.45) is -0.709. The molecule has 0 spiro atoms. The molecule has 2 atom stereocenters. The van der Waals surface area contributed by atoms with Gasteiger partial charge in [-0.3, -0.25) is 9.59 Å². The van der Waals surface area contributed by atoms with E-state index in [1.54, 1.807) is 0 Å². The van der Waals surface area contributed by atoms with E-state index < -0.39 is 24.1 Å². The van der Waals surface area contributed by atoms with E-state index in [0.29, 0.717) is 0 Å². The van der Waals surface area contributed by atoms with Gasteiger partial charge in [0.25, 0.3) is 0 Å². The van der Waals surface area contributed by atoms with Gasteiger partial charge in [-0.15, -0.1) is 0 Å². The van der Waals surface area contributed by atoms with Gasteiger partial charge >= 0.3 is 11.9 Å². The van der Waals surface area contributed by atoms with Crippen molar-refractivity contribution >= 4 is 11.9 Å². The van der Waals surface area contributed by atoms with Crippen molar-refractivity contribution in [2.75, 3.05) is 7.11 Å². The van der Waals surface area contributed by atoms with Crippen LogP contribution in [0.2, 0.25) is 0 Å². The highest BCUT2D eigenvalue weighted by Crippen LogP contribution is 2.01. The number of carboxylic acid groups (broad SMARTS) is 1. The maximum Gasteiger partial charge on any atom is 0.322 e. The number of carboxylic acids is 1. The molecule has 0 bridgehead atoms. The Balaban J connectivity index is 3.95. The van der Waals surface area contributed by atoms with E-state index in [2.05, 4.69) is 9.47 Å². The van der Waals surface area contributed by atoms with Crippen LogP contribution in [0.4, 0.5) is 0 Å². The second-order valence-corrected chi connectivity index (χ2v) is 2.30. The van der Waals surface area contributed by atoms with Crippen LogP contribution >= 0.6 is 0 Å². The smallest absolute Gasteiger partial charge is 0.322 e. The van der Waals surface area contributed by atoms with E-state index in [0.717, 1.165) is 0 Å². The average molecular weight is 176 g/mol. The summed E-state index contributed by atoms with van der Waals surface area (Å²) < 4.78 is 9.20. The largest absolute Gasteiger partial charge is 0.481 e. The van der Waals surface area contributed by atoms with Crippen LogP contribution in [0.15, 0.2) is 0 Å². The monoisotopic (exact) mass is 176 g/mol. The van der Waals surface area contributed by atoms with Crippen molar-refractivity contribution in [3.63, 3.8) is 0 Å². The molecule has 12 heavy (non-hydrogen) atoms. The van der Waals surface area contributed by atoms with Crippen LogP contribution in [-0.4, -0.2) is 30.4 Å². The van der Waals surface area contributed by atoms with Crippen molar-refractivity contribution in [1.82, 2.24) is 0 Å². The first kappa shape index (κ1) is 10.9. The van der Waals surface area contributed by atoms with Crippen molar-refractivity contribution in [2.45, 2.75) is 20.1 Å². The van der Waals surface area contributed by atoms with Gasteiger partial charge in [0.15, 0.2) is 12.2 Å². The maximum absolute atomic E-state index is 10.9. The summed E-state index contributed by atoms with van der Waals surface area (Å²) in [6.45, 7) is 2.76. The molecule has 0 heterocycles. The van der Waals surface area contributed by atoms with Crippen molar-refractivity contribution in [2.24, 2.45) is 5.92 Å². The lowest BCUT2D eigenvalue weighted by Crippen LogP contribution is -2.26. The molecule has 0 rings (SSSR count). The van der Waals surface area contributed by atoms with E-state index in [1.807, 2.05) is 0 Å². The van der Waals surface area contributed by atoms with Crippen LogP contribution in [0.5, 0.6) is 0 Å². The molecular weight excluding hydrogens is 164 g/mol. The first-order chi connectivity index (χ1) is 5.49. The zero-order valence-corrected chi connectivity index (χ0v) is 7.23. The molecule has 0 aliphatic rings. The zero-order chi connectivity index (χ0) is 9.72. The number of carbonyl (C=O) groups is 2. The third-order valence-corrected chi connectivity index (χ3v) is 1.34. The number of rotatable bonds is 4. The second-order valence-electron chi connectivity index (χ2n) is 2.30. The van der Waals surface area contributed by atoms with Crippen LogP contribution < -0.4 is 0 Å². The Kier molecular flexibility index (Phi) is 4.28. The molecule has 0 fully saturated rings. The molecule has 0 aromatic heterocycles. The highest BCUT2D eigenvalue weighted by Gasteiger charge is 2.23. The molecule has 0 aromatic carbocycles. The predicted octanol–water partition coefficient (Wildman–Crippen LogP) is 0.243. The number of carbonyl (C=O) groups excluding carboxylic acids is 1. The van der Waals surface area contributed by atoms with E-state index in [1.165, 1.54) is 21.0 Å². The van der Waals surface area contributed by atoms with Crippen LogP contribution in [0.3, 0.4) is 0 Å². The van der Waals surface area contributed by atoms with E-state index in [-0.39, 0.29) is 0 Å². The van der Waals surface area contributed by atoms with Crippen molar-refractivity contribution < 1.29 is 24.2 Å². The van der Waals surface area contributed by atoms with Gasteiger partial charge in [0.05, 0.1) is 0 Å². The fourth-order valence-corrected chi connectivity index (χ4v) is 0.415. The molecule has 5 nitrogen and oxygen atoms in total. The third-order valence-electron chi connectivity index (χ3n) is 1.34. The first-order valence-electron chi connectivity index (χ1n) is 3.45. The Morgan fingerprint density at radius 2 is 1.83 bits per heavy atom. The van der Waals surface area contributed by atoms with E-state index in [9.17, 15) is 9.59 Å². The van der Waals surface area contributed by atoms with Gasteiger partial charge in [0.1, 0.15) is 0 Å². The molecule has 70 valence electrons. The summed E-state index contributed by atoms with van der Waals surface area (Å²) >= 11 is 0. The summed E-state index contributed by atoms with van der Waals surface area (Å²) in [4.78, 5) is 21.1. The number of esters is 1. The lowest BCUT2D eigenvalue weighted by molar-refractivity contribution is -0.177. The Morgan fingerprint density at radius 1 is 1.33 bits per heavy atom. The first-order valence-corrected chi connectivity index (χ1v) is 3.45. The van der Waals surface area contributed by atoms with Gasteiger partial charge in [-0.25, -0.2) is 0 Å². The third kappa shape index (κ3) is 3.34. The molecule has 0 aliphatic heterocycles. The highest BCUT2D eigenvalue weighted by atomic mass is 16.7. The van der Waals surface area contributed by atoms with Gasteiger partial charge in [0, 0.05) is 7.11 Å².